The summed E-state index contributed by atoms with van der Waals surface area (Å²) in [7, 11) is 0. The fourth-order valence-electron chi connectivity index (χ4n) is 3.07. The van der Waals surface area contributed by atoms with E-state index in [1.807, 2.05) is 13.0 Å². The molecule has 0 spiro atoms. The van der Waals surface area contributed by atoms with Crippen LogP contribution in [0.2, 0.25) is 0 Å². The van der Waals surface area contributed by atoms with Crippen LogP contribution < -0.4 is 16.6 Å². The molecule has 1 saturated carbocycles. The third-order valence-electron chi connectivity index (χ3n) is 4.44. The molecule has 2 aromatic rings. The Morgan fingerprint density at radius 3 is 2.78 bits per heavy atom. The lowest BCUT2D eigenvalue weighted by molar-refractivity contribution is 0.0901. The number of aryl methyl sites for hydroxylation is 1. The molecule has 2 aromatic heterocycles. The highest BCUT2D eigenvalue weighted by Crippen LogP contribution is 2.28. The summed E-state index contributed by atoms with van der Waals surface area (Å²) in [4.78, 5) is 29.2. The monoisotopic (exact) mass is 336 g/mol. The highest BCUT2D eigenvalue weighted by Gasteiger charge is 2.34. The first-order chi connectivity index (χ1) is 10.5. The van der Waals surface area contributed by atoms with Gasteiger partial charge in [-0.3, -0.25) is 14.0 Å². The van der Waals surface area contributed by atoms with Crippen LogP contribution in [0, 0.1) is 6.92 Å². The zero-order chi connectivity index (χ0) is 15.7. The van der Waals surface area contributed by atoms with Crippen molar-refractivity contribution >= 4 is 24.0 Å². The fourth-order valence-corrected chi connectivity index (χ4v) is 3.07. The molecule has 0 unspecified atom stereocenters. The van der Waals surface area contributed by atoms with Gasteiger partial charge in [0, 0.05) is 18.9 Å². The van der Waals surface area contributed by atoms with Crippen molar-refractivity contribution in [2.75, 3.05) is 6.54 Å². The predicted molar refractivity (Wildman–Crippen MR) is 91.2 cm³/mol. The molecule has 0 saturated heterocycles. The van der Waals surface area contributed by atoms with Crippen LogP contribution in [0.15, 0.2) is 29.3 Å². The number of hydrogen-bond acceptors (Lipinski definition) is 4. The third-order valence-corrected chi connectivity index (χ3v) is 4.44. The Hall–Kier alpha value is -1.92. The highest BCUT2D eigenvalue weighted by atomic mass is 35.5. The number of nitrogens with two attached hydrogens (primary N) is 1. The Balaban J connectivity index is 0.00000192. The number of carbonyl (C=O) groups is 1. The van der Waals surface area contributed by atoms with Crippen molar-refractivity contribution in [3.05, 3.63) is 46.0 Å². The van der Waals surface area contributed by atoms with Gasteiger partial charge in [0.25, 0.3) is 11.5 Å². The number of pyridine rings is 1. The minimum absolute atomic E-state index is 0. The molecule has 124 valence electrons. The van der Waals surface area contributed by atoms with Crippen molar-refractivity contribution in [2.24, 2.45) is 5.73 Å². The van der Waals surface area contributed by atoms with Crippen molar-refractivity contribution in [1.29, 1.82) is 0 Å². The minimum atomic E-state index is -0.389. The normalized spacial score (nSPS) is 16.1. The van der Waals surface area contributed by atoms with Gasteiger partial charge in [-0.1, -0.05) is 12.8 Å². The van der Waals surface area contributed by atoms with Gasteiger partial charge in [-0.25, -0.2) is 4.98 Å². The Labute approximate surface area is 140 Å². The number of rotatable bonds is 3. The van der Waals surface area contributed by atoms with Crippen molar-refractivity contribution in [2.45, 2.75) is 38.1 Å². The first-order valence-electron chi connectivity index (χ1n) is 7.55. The summed E-state index contributed by atoms with van der Waals surface area (Å²) in [6, 6.07) is 3.62. The molecule has 2 heterocycles. The lowest BCUT2D eigenvalue weighted by Gasteiger charge is -2.28. The second kappa shape index (κ2) is 6.68. The summed E-state index contributed by atoms with van der Waals surface area (Å²) in [6.45, 7) is 2.32. The van der Waals surface area contributed by atoms with Crippen molar-refractivity contribution < 1.29 is 4.79 Å². The standard InChI is InChI=1S/C16H20N4O2.ClH/c1-11-4-7-20-13(8-11)18-9-12(15(20)22)14(21)19-16(10-17)5-2-3-6-16;/h4,7-9H,2-3,5-6,10,17H2,1H3,(H,19,21);1H. The first kappa shape index (κ1) is 17.4. The number of aromatic nitrogens is 2. The Morgan fingerprint density at radius 2 is 2.13 bits per heavy atom. The van der Waals surface area contributed by atoms with Crippen molar-refractivity contribution in [3.8, 4) is 0 Å². The molecule has 6 nitrogen and oxygen atoms in total. The van der Waals surface area contributed by atoms with Gasteiger partial charge in [0.2, 0.25) is 0 Å². The molecule has 1 fully saturated rings. The molecule has 3 rings (SSSR count). The lowest BCUT2D eigenvalue weighted by atomic mass is 9.97. The van der Waals surface area contributed by atoms with Crippen LogP contribution in [0.1, 0.15) is 41.6 Å². The first-order valence-corrected chi connectivity index (χ1v) is 7.55. The average Bonchev–Trinajstić information content (AvgIpc) is 2.96. The summed E-state index contributed by atoms with van der Waals surface area (Å²) in [5.41, 5.74) is 6.70. The Kier molecular flexibility index (Phi) is 5.06. The maximum Gasteiger partial charge on any atom is 0.270 e. The molecular formula is C16H21ClN4O2. The van der Waals surface area contributed by atoms with Crippen LogP contribution in [0.5, 0.6) is 0 Å². The van der Waals surface area contributed by atoms with Crippen LogP contribution in [0.3, 0.4) is 0 Å². The molecule has 1 aliphatic rings. The van der Waals surface area contributed by atoms with E-state index < -0.39 is 0 Å². The van der Waals surface area contributed by atoms with E-state index in [1.54, 1.807) is 12.3 Å². The van der Waals surface area contributed by atoms with Crippen molar-refractivity contribution in [3.63, 3.8) is 0 Å². The number of nitrogens with one attached hydrogen (secondary N) is 1. The molecule has 0 atom stereocenters. The van der Waals surface area contributed by atoms with E-state index >= 15 is 0 Å². The van der Waals surface area contributed by atoms with Gasteiger partial charge < -0.3 is 11.1 Å². The number of nitrogens with zero attached hydrogens (tertiary/aromatic N) is 2. The number of amides is 1. The lowest BCUT2D eigenvalue weighted by Crippen LogP contribution is -2.52. The molecule has 0 radical (unpaired) electrons. The second-order valence-corrected chi connectivity index (χ2v) is 6.06. The molecule has 1 amide bonds. The quantitative estimate of drug-likeness (QED) is 0.887. The van der Waals surface area contributed by atoms with Gasteiger partial charge >= 0.3 is 0 Å². The molecule has 0 bridgehead atoms. The maximum absolute atomic E-state index is 12.5. The van der Waals surface area contributed by atoms with Crippen LogP contribution in [0.25, 0.3) is 5.65 Å². The number of fused-ring (bicyclic) bond motifs is 1. The van der Waals surface area contributed by atoms with E-state index in [4.69, 9.17) is 5.73 Å². The van der Waals surface area contributed by atoms with Gasteiger partial charge in [-0.15, -0.1) is 12.4 Å². The molecule has 0 aliphatic heterocycles. The van der Waals surface area contributed by atoms with E-state index in [9.17, 15) is 9.59 Å². The van der Waals surface area contributed by atoms with Gasteiger partial charge in [-0.2, -0.15) is 0 Å². The average molecular weight is 337 g/mol. The SMILES string of the molecule is Cc1ccn2c(=O)c(C(=O)NC3(CN)CCCC3)cnc2c1.Cl. The molecule has 23 heavy (non-hydrogen) atoms. The van der Waals surface area contributed by atoms with Gasteiger partial charge in [-0.05, 0) is 37.5 Å². The van der Waals surface area contributed by atoms with Crippen molar-refractivity contribution in [1.82, 2.24) is 14.7 Å². The fraction of sp³-hybridized carbons (Fsp3) is 0.438. The smallest absolute Gasteiger partial charge is 0.270 e. The number of carbonyl (C=O) groups excluding carboxylic acids is 1. The van der Waals surface area contributed by atoms with Gasteiger partial charge in [0.1, 0.15) is 11.2 Å². The van der Waals surface area contributed by atoms with Crippen LogP contribution in [0.4, 0.5) is 0 Å². The summed E-state index contributed by atoms with van der Waals surface area (Å²) in [6.07, 6.45) is 6.81. The molecule has 0 aromatic carbocycles. The number of hydrogen-bond donors (Lipinski definition) is 2. The minimum Gasteiger partial charge on any atom is -0.345 e. The van der Waals surface area contributed by atoms with E-state index in [0.717, 1.165) is 31.2 Å². The zero-order valence-electron chi connectivity index (χ0n) is 13.0. The van der Waals surface area contributed by atoms with Gasteiger partial charge in [0.05, 0.1) is 5.54 Å². The molecular weight excluding hydrogens is 316 g/mol. The summed E-state index contributed by atoms with van der Waals surface area (Å²) in [5.74, 6) is -0.389. The molecule has 1 aliphatic carbocycles. The Bertz CT molecular complexity index is 781. The van der Waals surface area contributed by atoms with E-state index in [2.05, 4.69) is 10.3 Å². The second-order valence-electron chi connectivity index (χ2n) is 6.06. The van der Waals surface area contributed by atoms with Crippen LogP contribution in [-0.2, 0) is 0 Å². The highest BCUT2D eigenvalue weighted by molar-refractivity contribution is 5.94. The van der Waals surface area contributed by atoms with E-state index in [1.165, 1.54) is 10.6 Å². The van der Waals surface area contributed by atoms with Crippen LogP contribution >= 0.6 is 12.4 Å². The van der Waals surface area contributed by atoms with Crippen LogP contribution in [-0.4, -0.2) is 27.4 Å². The summed E-state index contributed by atoms with van der Waals surface area (Å²) < 4.78 is 1.39. The summed E-state index contributed by atoms with van der Waals surface area (Å²) >= 11 is 0. The van der Waals surface area contributed by atoms with Gasteiger partial charge in [0.15, 0.2) is 0 Å². The largest absolute Gasteiger partial charge is 0.345 e. The molecule has 7 heteroatoms. The van der Waals surface area contributed by atoms with E-state index in [0.29, 0.717) is 12.2 Å². The number of halogens is 1. The summed E-state index contributed by atoms with van der Waals surface area (Å²) in [5, 5.41) is 2.96. The third kappa shape index (κ3) is 3.23. The topological polar surface area (TPSA) is 89.5 Å². The maximum atomic E-state index is 12.5. The van der Waals surface area contributed by atoms with E-state index in [-0.39, 0.29) is 35.0 Å². The Morgan fingerprint density at radius 1 is 1.43 bits per heavy atom. The zero-order valence-corrected chi connectivity index (χ0v) is 13.9. The molecule has 3 N–H and O–H groups in total. The predicted octanol–water partition coefficient (Wildman–Crippen LogP) is 1.43.